The van der Waals surface area contributed by atoms with E-state index < -0.39 is 0 Å². The van der Waals surface area contributed by atoms with Crippen molar-refractivity contribution < 1.29 is 4.79 Å². The van der Waals surface area contributed by atoms with Gasteiger partial charge in [-0.3, -0.25) is 4.79 Å². The largest absolute Gasteiger partial charge is 0.350 e. The number of carbonyl (C=O) groups excluding carboxylic acids is 1. The number of aromatic amines is 1. The Kier molecular flexibility index (Phi) is 3.30. The first-order chi connectivity index (χ1) is 9.72. The molecule has 6 heteroatoms. The van der Waals surface area contributed by atoms with E-state index in [9.17, 15) is 4.79 Å². The lowest BCUT2D eigenvalue weighted by molar-refractivity contribution is 0.0938. The molecule has 0 spiro atoms. The second-order valence-corrected chi connectivity index (χ2v) is 5.47. The highest BCUT2D eigenvalue weighted by molar-refractivity contribution is 5.91. The summed E-state index contributed by atoms with van der Waals surface area (Å²) in [4.78, 5) is 22.9. The molecule has 2 aromatic heterocycles. The molecule has 2 aromatic rings. The third-order valence-electron chi connectivity index (χ3n) is 3.95. The number of rotatable bonds is 6. The van der Waals surface area contributed by atoms with Crippen LogP contribution < -0.4 is 5.32 Å². The van der Waals surface area contributed by atoms with Gasteiger partial charge in [0, 0.05) is 37.3 Å². The summed E-state index contributed by atoms with van der Waals surface area (Å²) in [5, 5.41) is 2.99. The van der Waals surface area contributed by atoms with Crippen LogP contribution in [0.3, 0.4) is 0 Å². The minimum absolute atomic E-state index is 0.0879. The van der Waals surface area contributed by atoms with E-state index in [-0.39, 0.29) is 11.3 Å². The fourth-order valence-electron chi connectivity index (χ4n) is 2.47. The summed E-state index contributed by atoms with van der Waals surface area (Å²) in [6.07, 6.45) is 10.2. The van der Waals surface area contributed by atoms with Gasteiger partial charge in [0.25, 0.3) is 5.91 Å². The van der Waals surface area contributed by atoms with Crippen LogP contribution in [-0.4, -0.2) is 32.0 Å². The molecule has 0 radical (unpaired) electrons. The first-order valence-corrected chi connectivity index (χ1v) is 6.99. The summed E-state index contributed by atoms with van der Waals surface area (Å²) in [5.41, 5.74) is 0.706. The molecule has 2 N–H and O–H groups in total. The van der Waals surface area contributed by atoms with Crippen molar-refractivity contribution >= 4 is 5.91 Å². The van der Waals surface area contributed by atoms with Crippen LogP contribution in [0.2, 0.25) is 0 Å². The minimum atomic E-state index is -0.0879. The van der Waals surface area contributed by atoms with Crippen molar-refractivity contribution in [2.75, 3.05) is 6.54 Å². The third kappa shape index (κ3) is 2.59. The van der Waals surface area contributed by atoms with Crippen molar-refractivity contribution in [2.45, 2.75) is 32.7 Å². The molecule has 3 rings (SSSR count). The maximum absolute atomic E-state index is 11.9. The number of nitrogens with one attached hydrogen (secondary N) is 2. The van der Waals surface area contributed by atoms with Gasteiger partial charge in [-0.25, -0.2) is 9.97 Å². The van der Waals surface area contributed by atoms with Crippen molar-refractivity contribution in [1.82, 2.24) is 24.8 Å². The second-order valence-electron chi connectivity index (χ2n) is 5.47. The van der Waals surface area contributed by atoms with Crippen LogP contribution in [0, 0.1) is 5.41 Å². The molecule has 0 aliphatic heterocycles. The molecule has 1 aliphatic rings. The molecular weight excluding hydrogens is 254 g/mol. The molecule has 20 heavy (non-hydrogen) atoms. The van der Waals surface area contributed by atoms with E-state index in [2.05, 4.69) is 31.8 Å². The second kappa shape index (κ2) is 5.11. The molecule has 106 valence electrons. The molecule has 1 aliphatic carbocycles. The number of aromatic nitrogens is 4. The van der Waals surface area contributed by atoms with Crippen LogP contribution in [0.4, 0.5) is 0 Å². The van der Waals surface area contributed by atoms with Gasteiger partial charge in [-0.15, -0.1) is 0 Å². The maximum atomic E-state index is 11.9. The molecule has 6 nitrogen and oxygen atoms in total. The zero-order chi connectivity index (χ0) is 14.0. The van der Waals surface area contributed by atoms with Crippen LogP contribution >= 0.6 is 0 Å². The van der Waals surface area contributed by atoms with Crippen LogP contribution in [0.25, 0.3) is 0 Å². The SMILES string of the molecule is CCc1nccn1CC1(CNC(=O)c2cnc[nH]2)CC1. The summed E-state index contributed by atoms with van der Waals surface area (Å²) in [5.74, 6) is 1.02. The van der Waals surface area contributed by atoms with Gasteiger partial charge in [0.15, 0.2) is 0 Å². The van der Waals surface area contributed by atoms with E-state index in [4.69, 9.17) is 0 Å². The van der Waals surface area contributed by atoms with E-state index in [1.54, 1.807) is 6.20 Å². The average Bonchev–Trinajstić information content (AvgIpc) is 2.88. The number of amides is 1. The van der Waals surface area contributed by atoms with Crippen molar-refractivity contribution in [1.29, 1.82) is 0 Å². The molecule has 2 heterocycles. The van der Waals surface area contributed by atoms with Crippen LogP contribution in [0.5, 0.6) is 0 Å². The Morgan fingerprint density at radius 1 is 1.55 bits per heavy atom. The highest BCUT2D eigenvalue weighted by Gasteiger charge is 2.43. The summed E-state index contributed by atoms with van der Waals surface area (Å²) in [7, 11) is 0. The Labute approximate surface area is 117 Å². The fraction of sp³-hybridized carbons (Fsp3) is 0.500. The lowest BCUT2D eigenvalue weighted by Gasteiger charge is -2.17. The van der Waals surface area contributed by atoms with E-state index in [1.807, 2.05) is 12.4 Å². The van der Waals surface area contributed by atoms with Crippen molar-refractivity contribution in [3.8, 4) is 0 Å². The standard InChI is InChI=1S/C14H19N5O/c1-2-12-16-5-6-19(12)9-14(3-4-14)8-17-13(20)11-7-15-10-18-11/h5-7,10H,2-4,8-9H2,1H3,(H,15,18)(H,17,20). The van der Waals surface area contributed by atoms with Crippen LogP contribution in [0.1, 0.15) is 36.1 Å². The lowest BCUT2D eigenvalue weighted by atomic mass is 10.1. The lowest BCUT2D eigenvalue weighted by Crippen LogP contribution is -2.32. The third-order valence-corrected chi connectivity index (χ3v) is 3.95. The first kappa shape index (κ1) is 12.9. The van der Waals surface area contributed by atoms with Gasteiger partial charge < -0.3 is 14.9 Å². The predicted octanol–water partition coefficient (Wildman–Crippen LogP) is 1.38. The van der Waals surface area contributed by atoms with Gasteiger partial charge in [0.1, 0.15) is 11.5 Å². The Morgan fingerprint density at radius 2 is 2.40 bits per heavy atom. The number of nitrogens with zero attached hydrogens (tertiary/aromatic N) is 3. The monoisotopic (exact) mass is 273 g/mol. The molecular formula is C14H19N5O. The Bertz CT molecular complexity index is 582. The average molecular weight is 273 g/mol. The smallest absolute Gasteiger partial charge is 0.269 e. The number of hydrogen-bond donors (Lipinski definition) is 2. The van der Waals surface area contributed by atoms with Crippen molar-refractivity contribution in [3.63, 3.8) is 0 Å². The Hall–Kier alpha value is -2.11. The molecule has 0 saturated heterocycles. The van der Waals surface area contributed by atoms with Crippen LogP contribution in [-0.2, 0) is 13.0 Å². The molecule has 0 unspecified atom stereocenters. The quantitative estimate of drug-likeness (QED) is 0.835. The first-order valence-electron chi connectivity index (χ1n) is 6.99. The Morgan fingerprint density at radius 3 is 3.05 bits per heavy atom. The number of carbonyl (C=O) groups is 1. The minimum Gasteiger partial charge on any atom is -0.350 e. The molecule has 0 atom stereocenters. The van der Waals surface area contributed by atoms with Crippen LogP contribution in [0.15, 0.2) is 24.9 Å². The Balaban J connectivity index is 1.58. The highest BCUT2D eigenvalue weighted by atomic mass is 16.1. The van der Waals surface area contributed by atoms with E-state index in [1.165, 1.54) is 6.33 Å². The topological polar surface area (TPSA) is 75.6 Å². The predicted molar refractivity (Wildman–Crippen MR) is 74.2 cm³/mol. The fourth-order valence-corrected chi connectivity index (χ4v) is 2.47. The van der Waals surface area contributed by atoms with Crippen molar-refractivity contribution in [3.05, 3.63) is 36.4 Å². The van der Waals surface area contributed by atoms with Gasteiger partial charge in [-0.05, 0) is 12.8 Å². The molecule has 0 bridgehead atoms. The number of H-pyrrole nitrogens is 1. The van der Waals surface area contributed by atoms with Gasteiger partial charge in [-0.1, -0.05) is 6.92 Å². The number of imidazole rings is 2. The summed E-state index contributed by atoms with van der Waals surface area (Å²) in [6, 6.07) is 0. The number of hydrogen-bond acceptors (Lipinski definition) is 3. The molecule has 0 aromatic carbocycles. The van der Waals surface area contributed by atoms with Gasteiger partial charge in [-0.2, -0.15) is 0 Å². The zero-order valence-corrected chi connectivity index (χ0v) is 11.6. The van der Waals surface area contributed by atoms with Gasteiger partial charge in [0.2, 0.25) is 0 Å². The summed E-state index contributed by atoms with van der Waals surface area (Å²) < 4.78 is 2.20. The summed E-state index contributed by atoms with van der Waals surface area (Å²) >= 11 is 0. The summed E-state index contributed by atoms with van der Waals surface area (Å²) in [6.45, 7) is 3.74. The van der Waals surface area contributed by atoms with Gasteiger partial charge in [0.05, 0.1) is 12.5 Å². The zero-order valence-electron chi connectivity index (χ0n) is 11.6. The maximum Gasteiger partial charge on any atom is 0.269 e. The van der Waals surface area contributed by atoms with Crippen molar-refractivity contribution in [2.24, 2.45) is 5.41 Å². The normalized spacial score (nSPS) is 16.1. The van der Waals surface area contributed by atoms with E-state index in [0.717, 1.165) is 31.6 Å². The van der Waals surface area contributed by atoms with E-state index in [0.29, 0.717) is 12.2 Å². The molecule has 1 saturated carbocycles. The highest BCUT2D eigenvalue weighted by Crippen LogP contribution is 2.46. The van der Waals surface area contributed by atoms with Gasteiger partial charge >= 0.3 is 0 Å². The molecule has 1 fully saturated rings. The van der Waals surface area contributed by atoms with E-state index >= 15 is 0 Å². The number of aryl methyl sites for hydroxylation is 1. The molecule has 1 amide bonds.